The summed E-state index contributed by atoms with van der Waals surface area (Å²) in [6, 6.07) is 4.94. The number of aromatic nitrogens is 1. The lowest BCUT2D eigenvalue weighted by atomic mass is 10.0. The van der Waals surface area contributed by atoms with E-state index in [1.807, 2.05) is 6.92 Å². The molecule has 2 N–H and O–H groups in total. The van der Waals surface area contributed by atoms with Crippen LogP contribution in [0.3, 0.4) is 0 Å². The minimum atomic E-state index is -0.285. The lowest BCUT2D eigenvalue weighted by Crippen LogP contribution is -2.52. The summed E-state index contributed by atoms with van der Waals surface area (Å²) in [7, 11) is 0. The van der Waals surface area contributed by atoms with Gasteiger partial charge in [0.25, 0.3) is 0 Å². The van der Waals surface area contributed by atoms with Gasteiger partial charge in [-0.3, -0.25) is 9.69 Å². The van der Waals surface area contributed by atoms with E-state index in [1.165, 1.54) is 31.4 Å². The molecule has 2 saturated heterocycles. The zero-order chi connectivity index (χ0) is 18.1. The number of piperidine rings is 1. The Kier molecular flexibility index (Phi) is 4.96. The first-order valence-corrected chi connectivity index (χ1v) is 9.49. The van der Waals surface area contributed by atoms with Crippen LogP contribution in [0, 0.1) is 12.7 Å². The summed E-state index contributed by atoms with van der Waals surface area (Å²) in [6.07, 6.45) is 3.98. The molecule has 2 aliphatic heterocycles. The van der Waals surface area contributed by atoms with E-state index in [2.05, 4.69) is 15.2 Å². The molecule has 0 spiro atoms. The molecule has 1 aromatic carbocycles. The largest absolute Gasteiger partial charge is 0.378 e. The lowest BCUT2D eigenvalue weighted by molar-refractivity contribution is -0.121. The Hall–Kier alpha value is -1.92. The number of likely N-dealkylation sites (tertiary alicyclic amines) is 1. The van der Waals surface area contributed by atoms with Crippen LogP contribution < -0.4 is 5.32 Å². The van der Waals surface area contributed by atoms with Crippen LogP contribution in [0.2, 0.25) is 0 Å². The second kappa shape index (κ2) is 7.37. The smallest absolute Gasteiger partial charge is 0.224 e. The zero-order valence-electron chi connectivity index (χ0n) is 15.2. The van der Waals surface area contributed by atoms with Crippen LogP contribution in [0.5, 0.6) is 0 Å². The fourth-order valence-electron chi connectivity index (χ4n) is 4.29. The maximum absolute atomic E-state index is 13.6. The number of hydrogen-bond acceptors (Lipinski definition) is 3. The van der Waals surface area contributed by atoms with Crippen LogP contribution in [0.4, 0.5) is 4.39 Å². The number of H-pyrrole nitrogens is 1. The quantitative estimate of drug-likeness (QED) is 0.882. The number of benzene rings is 1. The van der Waals surface area contributed by atoms with E-state index < -0.39 is 0 Å². The standard InChI is InChI=1S/C20H26FN3O2/c1-13-15(16-9-14(21)5-6-17(16)22-13)10-20(25)23-18-11-26-12-19(18)24-7-3-2-4-8-24/h5-6,9,18-19,22H,2-4,7-8,10-12H2,1H3,(H,23,25)/t18-,19-/m1/s1. The fourth-order valence-corrected chi connectivity index (χ4v) is 4.29. The molecule has 0 unspecified atom stereocenters. The van der Waals surface area contributed by atoms with E-state index in [-0.39, 0.29) is 30.2 Å². The van der Waals surface area contributed by atoms with Gasteiger partial charge in [0.1, 0.15) is 5.82 Å². The second-order valence-corrected chi connectivity index (χ2v) is 7.47. The highest BCUT2D eigenvalue weighted by atomic mass is 19.1. The van der Waals surface area contributed by atoms with Crippen molar-refractivity contribution in [1.29, 1.82) is 0 Å². The summed E-state index contributed by atoms with van der Waals surface area (Å²) in [5.41, 5.74) is 2.64. The first-order chi connectivity index (χ1) is 12.6. The van der Waals surface area contributed by atoms with Crippen LogP contribution in [0.25, 0.3) is 10.9 Å². The van der Waals surface area contributed by atoms with Crippen molar-refractivity contribution in [2.24, 2.45) is 0 Å². The summed E-state index contributed by atoms with van der Waals surface area (Å²) in [5, 5.41) is 3.94. The summed E-state index contributed by atoms with van der Waals surface area (Å²) < 4.78 is 19.3. The van der Waals surface area contributed by atoms with Gasteiger partial charge in [-0.25, -0.2) is 4.39 Å². The van der Waals surface area contributed by atoms with Crippen LogP contribution >= 0.6 is 0 Å². The van der Waals surface area contributed by atoms with Gasteiger partial charge in [0.05, 0.1) is 31.7 Å². The van der Waals surface area contributed by atoms with E-state index in [0.29, 0.717) is 13.2 Å². The van der Waals surface area contributed by atoms with Gasteiger partial charge >= 0.3 is 0 Å². The molecule has 6 heteroatoms. The second-order valence-electron chi connectivity index (χ2n) is 7.47. The minimum Gasteiger partial charge on any atom is -0.378 e. The van der Waals surface area contributed by atoms with Gasteiger partial charge in [-0.15, -0.1) is 0 Å². The van der Waals surface area contributed by atoms with Crippen LogP contribution in [0.15, 0.2) is 18.2 Å². The number of nitrogens with zero attached hydrogens (tertiary/aromatic N) is 1. The van der Waals surface area contributed by atoms with Gasteiger partial charge < -0.3 is 15.0 Å². The van der Waals surface area contributed by atoms with Gasteiger partial charge in [0, 0.05) is 16.6 Å². The number of carbonyl (C=O) groups excluding carboxylic acids is 1. The number of aromatic amines is 1. The molecule has 4 rings (SSSR count). The summed E-state index contributed by atoms with van der Waals surface area (Å²) in [4.78, 5) is 18.4. The molecule has 0 radical (unpaired) electrons. The van der Waals surface area contributed by atoms with Crippen LogP contribution in [-0.4, -0.2) is 54.2 Å². The molecule has 140 valence electrons. The van der Waals surface area contributed by atoms with Crippen molar-refractivity contribution < 1.29 is 13.9 Å². The monoisotopic (exact) mass is 359 g/mol. The van der Waals surface area contributed by atoms with Gasteiger partial charge in [-0.05, 0) is 56.6 Å². The highest BCUT2D eigenvalue weighted by molar-refractivity contribution is 5.90. The normalized spacial score (nSPS) is 24.2. The van der Waals surface area contributed by atoms with Crippen molar-refractivity contribution in [2.45, 2.75) is 44.7 Å². The summed E-state index contributed by atoms with van der Waals surface area (Å²) >= 11 is 0. The van der Waals surface area contributed by atoms with Gasteiger partial charge in [-0.1, -0.05) is 6.42 Å². The van der Waals surface area contributed by atoms with E-state index in [4.69, 9.17) is 4.74 Å². The molecule has 26 heavy (non-hydrogen) atoms. The molecule has 0 aliphatic carbocycles. The maximum atomic E-state index is 13.6. The molecule has 2 aliphatic rings. The van der Waals surface area contributed by atoms with Crippen molar-refractivity contribution in [2.75, 3.05) is 26.3 Å². The molecular weight excluding hydrogens is 333 g/mol. The number of ether oxygens (including phenoxy) is 1. The molecule has 1 aromatic heterocycles. The van der Waals surface area contributed by atoms with Crippen molar-refractivity contribution in [3.05, 3.63) is 35.3 Å². The van der Waals surface area contributed by atoms with E-state index in [0.717, 1.165) is 35.2 Å². The third kappa shape index (κ3) is 3.48. The van der Waals surface area contributed by atoms with Gasteiger partial charge in [0.15, 0.2) is 0 Å². The van der Waals surface area contributed by atoms with E-state index >= 15 is 0 Å². The molecule has 0 saturated carbocycles. The van der Waals surface area contributed by atoms with Crippen molar-refractivity contribution in [3.8, 4) is 0 Å². The summed E-state index contributed by atoms with van der Waals surface area (Å²) in [6.45, 7) is 5.34. The molecule has 3 heterocycles. The number of nitrogens with one attached hydrogen (secondary N) is 2. The van der Waals surface area contributed by atoms with Gasteiger partial charge in [0.2, 0.25) is 5.91 Å². The third-order valence-electron chi connectivity index (χ3n) is 5.68. The minimum absolute atomic E-state index is 0.0304. The number of aryl methyl sites for hydroxylation is 1. The topological polar surface area (TPSA) is 57.4 Å². The molecule has 2 atom stereocenters. The maximum Gasteiger partial charge on any atom is 0.224 e. The van der Waals surface area contributed by atoms with E-state index in [1.54, 1.807) is 6.07 Å². The molecular formula is C20H26FN3O2. The predicted molar refractivity (Wildman–Crippen MR) is 98.7 cm³/mol. The Bertz CT molecular complexity index is 798. The van der Waals surface area contributed by atoms with Gasteiger partial charge in [-0.2, -0.15) is 0 Å². The Morgan fingerprint density at radius 3 is 2.92 bits per heavy atom. The Morgan fingerprint density at radius 2 is 2.12 bits per heavy atom. The lowest BCUT2D eigenvalue weighted by Gasteiger charge is -2.34. The predicted octanol–water partition coefficient (Wildman–Crippen LogP) is 2.53. The van der Waals surface area contributed by atoms with Crippen molar-refractivity contribution in [3.63, 3.8) is 0 Å². The molecule has 1 amide bonds. The molecule has 0 bridgehead atoms. The number of rotatable bonds is 4. The average Bonchev–Trinajstić information content (AvgIpc) is 3.21. The fraction of sp³-hybridized carbons (Fsp3) is 0.550. The number of halogens is 1. The Balaban J connectivity index is 1.45. The average molecular weight is 359 g/mol. The molecule has 2 fully saturated rings. The number of hydrogen-bond donors (Lipinski definition) is 2. The number of amides is 1. The Labute approximate surface area is 152 Å². The first-order valence-electron chi connectivity index (χ1n) is 9.49. The highest BCUT2D eigenvalue weighted by Gasteiger charge is 2.34. The molecule has 2 aromatic rings. The number of carbonyl (C=O) groups is 1. The zero-order valence-corrected chi connectivity index (χ0v) is 15.2. The van der Waals surface area contributed by atoms with Crippen molar-refractivity contribution in [1.82, 2.24) is 15.2 Å². The SMILES string of the molecule is Cc1[nH]c2ccc(F)cc2c1CC(=O)N[C@@H]1COC[C@H]1N1CCCCC1. The van der Waals surface area contributed by atoms with Crippen LogP contribution in [-0.2, 0) is 16.0 Å². The number of fused-ring (bicyclic) bond motifs is 1. The first kappa shape index (κ1) is 17.5. The van der Waals surface area contributed by atoms with Crippen LogP contribution in [0.1, 0.15) is 30.5 Å². The molecule has 5 nitrogen and oxygen atoms in total. The third-order valence-corrected chi connectivity index (χ3v) is 5.68. The van der Waals surface area contributed by atoms with Crippen molar-refractivity contribution >= 4 is 16.8 Å². The summed E-state index contributed by atoms with van der Waals surface area (Å²) in [5.74, 6) is -0.316. The highest BCUT2D eigenvalue weighted by Crippen LogP contribution is 2.24. The Morgan fingerprint density at radius 1 is 1.31 bits per heavy atom. The van der Waals surface area contributed by atoms with E-state index in [9.17, 15) is 9.18 Å².